The highest BCUT2D eigenvalue weighted by Gasteiger charge is 2.19. The number of nitrogens with zero attached hydrogens (tertiary/aromatic N) is 1. The number of piperidine rings is 1. The minimum absolute atomic E-state index is 0.823. The maximum Gasteiger partial charge on any atom is 0.00672 e. The summed E-state index contributed by atoms with van der Waals surface area (Å²) in [5.74, 6) is 1.98. The SMILES string of the molecule is CCC1CCC(NCCCN2CCC(C)CC2)CC1. The summed E-state index contributed by atoms with van der Waals surface area (Å²) in [4.78, 5) is 2.66. The molecule has 0 aromatic heterocycles. The lowest BCUT2D eigenvalue weighted by Crippen LogP contribution is -2.37. The highest BCUT2D eigenvalue weighted by atomic mass is 15.1. The molecule has 1 saturated carbocycles. The molecule has 0 bridgehead atoms. The summed E-state index contributed by atoms with van der Waals surface area (Å²) in [6, 6.07) is 0.823. The number of likely N-dealkylation sites (tertiary alicyclic amines) is 1. The molecule has 0 amide bonds. The third-order valence-electron chi connectivity index (χ3n) is 5.38. The van der Waals surface area contributed by atoms with E-state index in [1.165, 1.54) is 77.5 Å². The van der Waals surface area contributed by atoms with Crippen molar-refractivity contribution in [1.29, 1.82) is 0 Å². The molecule has 0 aromatic rings. The smallest absolute Gasteiger partial charge is 0.00672 e. The summed E-state index contributed by atoms with van der Waals surface area (Å²) < 4.78 is 0. The van der Waals surface area contributed by atoms with E-state index in [9.17, 15) is 0 Å². The molecule has 2 fully saturated rings. The normalized spacial score (nSPS) is 30.6. The summed E-state index contributed by atoms with van der Waals surface area (Å²) >= 11 is 0. The average Bonchev–Trinajstić information content (AvgIpc) is 2.46. The van der Waals surface area contributed by atoms with Crippen molar-refractivity contribution in [2.45, 2.75) is 71.3 Å². The van der Waals surface area contributed by atoms with Crippen LogP contribution < -0.4 is 5.32 Å². The predicted molar refractivity (Wildman–Crippen MR) is 83.5 cm³/mol. The molecule has 19 heavy (non-hydrogen) atoms. The van der Waals surface area contributed by atoms with E-state index in [0.29, 0.717) is 0 Å². The third-order valence-corrected chi connectivity index (χ3v) is 5.38. The first-order valence-corrected chi connectivity index (χ1v) is 8.73. The molecule has 2 nitrogen and oxygen atoms in total. The Morgan fingerprint density at radius 1 is 1.00 bits per heavy atom. The van der Waals surface area contributed by atoms with Crippen LogP contribution in [0.3, 0.4) is 0 Å². The van der Waals surface area contributed by atoms with E-state index in [-0.39, 0.29) is 0 Å². The van der Waals surface area contributed by atoms with Crippen LogP contribution in [0.2, 0.25) is 0 Å². The largest absolute Gasteiger partial charge is 0.314 e. The Hall–Kier alpha value is -0.0800. The average molecular weight is 266 g/mol. The Balaban J connectivity index is 1.48. The van der Waals surface area contributed by atoms with E-state index in [1.54, 1.807) is 0 Å². The lowest BCUT2D eigenvalue weighted by atomic mass is 9.84. The van der Waals surface area contributed by atoms with Crippen LogP contribution in [0, 0.1) is 11.8 Å². The molecule has 1 aliphatic carbocycles. The van der Waals surface area contributed by atoms with E-state index in [4.69, 9.17) is 0 Å². The molecule has 1 saturated heterocycles. The summed E-state index contributed by atoms with van der Waals surface area (Å²) in [6.45, 7) is 9.95. The molecule has 2 aliphatic rings. The number of hydrogen-bond donors (Lipinski definition) is 1. The molecular weight excluding hydrogens is 232 g/mol. The van der Waals surface area contributed by atoms with Gasteiger partial charge in [-0.05, 0) is 83.0 Å². The molecule has 2 heteroatoms. The van der Waals surface area contributed by atoms with Gasteiger partial charge in [-0.3, -0.25) is 0 Å². The van der Waals surface area contributed by atoms with Crippen LogP contribution in [-0.4, -0.2) is 37.1 Å². The van der Waals surface area contributed by atoms with Gasteiger partial charge in [-0.1, -0.05) is 20.3 Å². The summed E-state index contributed by atoms with van der Waals surface area (Å²) in [5, 5.41) is 3.79. The zero-order valence-corrected chi connectivity index (χ0v) is 13.2. The quantitative estimate of drug-likeness (QED) is 0.738. The Morgan fingerprint density at radius 3 is 2.32 bits per heavy atom. The molecule has 0 atom stereocenters. The van der Waals surface area contributed by atoms with Gasteiger partial charge < -0.3 is 10.2 Å². The number of nitrogens with one attached hydrogen (secondary N) is 1. The van der Waals surface area contributed by atoms with Crippen molar-refractivity contribution in [1.82, 2.24) is 10.2 Å². The Bertz CT molecular complexity index is 225. The zero-order valence-electron chi connectivity index (χ0n) is 13.2. The minimum atomic E-state index is 0.823. The molecule has 1 aliphatic heterocycles. The molecule has 0 spiro atoms. The van der Waals surface area contributed by atoms with Gasteiger partial charge in [0.15, 0.2) is 0 Å². The van der Waals surface area contributed by atoms with Crippen molar-refractivity contribution >= 4 is 0 Å². The van der Waals surface area contributed by atoms with Crippen molar-refractivity contribution in [3.63, 3.8) is 0 Å². The molecule has 1 N–H and O–H groups in total. The molecule has 0 unspecified atom stereocenters. The van der Waals surface area contributed by atoms with Crippen LogP contribution in [0.5, 0.6) is 0 Å². The number of hydrogen-bond acceptors (Lipinski definition) is 2. The first kappa shape index (κ1) is 15.3. The van der Waals surface area contributed by atoms with Gasteiger partial charge in [0.2, 0.25) is 0 Å². The third kappa shape index (κ3) is 5.43. The van der Waals surface area contributed by atoms with Crippen LogP contribution in [0.4, 0.5) is 0 Å². The van der Waals surface area contributed by atoms with Crippen LogP contribution >= 0.6 is 0 Å². The fraction of sp³-hybridized carbons (Fsp3) is 1.00. The van der Waals surface area contributed by atoms with Gasteiger partial charge in [-0.25, -0.2) is 0 Å². The summed E-state index contributed by atoms with van der Waals surface area (Å²) in [6.07, 6.45) is 11.3. The topological polar surface area (TPSA) is 15.3 Å². The van der Waals surface area contributed by atoms with E-state index < -0.39 is 0 Å². The lowest BCUT2D eigenvalue weighted by Gasteiger charge is -2.31. The van der Waals surface area contributed by atoms with E-state index in [0.717, 1.165) is 17.9 Å². The second kappa shape index (κ2) is 8.26. The fourth-order valence-corrected chi connectivity index (χ4v) is 3.67. The van der Waals surface area contributed by atoms with Crippen LogP contribution in [0.15, 0.2) is 0 Å². The van der Waals surface area contributed by atoms with E-state index in [1.807, 2.05) is 0 Å². The second-order valence-corrected chi connectivity index (χ2v) is 6.96. The highest BCUT2D eigenvalue weighted by molar-refractivity contribution is 4.77. The van der Waals surface area contributed by atoms with Crippen molar-refractivity contribution < 1.29 is 0 Å². The van der Waals surface area contributed by atoms with Gasteiger partial charge in [0.05, 0.1) is 0 Å². The van der Waals surface area contributed by atoms with Gasteiger partial charge in [-0.15, -0.1) is 0 Å². The maximum absolute atomic E-state index is 3.79. The minimum Gasteiger partial charge on any atom is -0.314 e. The van der Waals surface area contributed by atoms with Crippen molar-refractivity contribution in [3.05, 3.63) is 0 Å². The van der Waals surface area contributed by atoms with Crippen molar-refractivity contribution in [2.24, 2.45) is 11.8 Å². The van der Waals surface area contributed by atoms with Crippen molar-refractivity contribution in [3.8, 4) is 0 Å². The van der Waals surface area contributed by atoms with Gasteiger partial charge >= 0.3 is 0 Å². The fourth-order valence-electron chi connectivity index (χ4n) is 3.67. The number of rotatable bonds is 6. The van der Waals surface area contributed by atoms with Crippen LogP contribution in [0.25, 0.3) is 0 Å². The Labute approximate surface area is 120 Å². The standard InChI is InChI=1S/C17H34N2/c1-3-16-5-7-17(8-6-16)18-11-4-12-19-13-9-15(2)10-14-19/h15-18H,3-14H2,1-2H3. The summed E-state index contributed by atoms with van der Waals surface area (Å²) in [5.41, 5.74) is 0. The van der Waals surface area contributed by atoms with Gasteiger partial charge in [0.1, 0.15) is 0 Å². The lowest BCUT2D eigenvalue weighted by molar-refractivity contribution is 0.188. The zero-order chi connectivity index (χ0) is 13.5. The van der Waals surface area contributed by atoms with E-state index >= 15 is 0 Å². The Kier molecular flexibility index (Phi) is 6.66. The maximum atomic E-state index is 3.79. The van der Waals surface area contributed by atoms with Gasteiger partial charge in [0.25, 0.3) is 0 Å². The van der Waals surface area contributed by atoms with Crippen LogP contribution in [-0.2, 0) is 0 Å². The van der Waals surface area contributed by atoms with Gasteiger partial charge in [-0.2, -0.15) is 0 Å². The highest BCUT2D eigenvalue weighted by Crippen LogP contribution is 2.26. The van der Waals surface area contributed by atoms with E-state index in [2.05, 4.69) is 24.1 Å². The second-order valence-electron chi connectivity index (χ2n) is 6.96. The molecule has 0 radical (unpaired) electrons. The predicted octanol–water partition coefficient (Wildman–Crippen LogP) is 3.67. The first-order valence-electron chi connectivity index (χ1n) is 8.73. The van der Waals surface area contributed by atoms with Crippen LogP contribution in [0.1, 0.15) is 65.2 Å². The van der Waals surface area contributed by atoms with Gasteiger partial charge in [0, 0.05) is 6.04 Å². The monoisotopic (exact) mass is 266 g/mol. The first-order chi connectivity index (χ1) is 9.28. The van der Waals surface area contributed by atoms with Crippen molar-refractivity contribution in [2.75, 3.05) is 26.2 Å². The summed E-state index contributed by atoms with van der Waals surface area (Å²) in [7, 11) is 0. The molecule has 2 rings (SSSR count). The molecule has 0 aromatic carbocycles. The molecule has 112 valence electrons. The molecular formula is C17H34N2. The Morgan fingerprint density at radius 2 is 1.68 bits per heavy atom. The molecule has 1 heterocycles.